The zero-order valence-corrected chi connectivity index (χ0v) is 10.3. The van der Waals surface area contributed by atoms with Gasteiger partial charge in [-0.1, -0.05) is 51.0 Å². The quantitative estimate of drug-likeness (QED) is 0.571. The van der Waals surface area contributed by atoms with E-state index >= 15 is 0 Å². The van der Waals surface area contributed by atoms with E-state index in [9.17, 15) is 0 Å². The van der Waals surface area contributed by atoms with Crippen LogP contribution in [0.4, 0.5) is 0 Å². The van der Waals surface area contributed by atoms with Gasteiger partial charge >= 0.3 is 0 Å². The van der Waals surface area contributed by atoms with E-state index in [1.807, 2.05) is 0 Å². The Hall–Kier alpha value is -0.520. The summed E-state index contributed by atoms with van der Waals surface area (Å²) in [6.45, 7) is 13.3. The van der Waals surface area contributed by atoms with Crippen LogP contribution in [0.2, 0.25) is 0 Å². The summed E-state index contributed by atoms with van der Waals surface area (Å²) in [6, 6.07) is 0. The van der Waals surface area contributed by atoms with E-state index in [0.717, 1.165) is 11.8 Å². The lowest BCUT2D eigenvalue weighted by molar-refractivity contribution is 0.367. The van der Waals surface area contributed by atoms with Gasteiger partial charge in [0, 0.05) is 5.41 Å². The van der Waals surface area contributed by atoms with Crippen LogP contribution in [-0.4, -0.2) is 0 Å². The Kier molecular flexibility index (Phi) is 2.79. The Morgan fingerprint density at radius 3 is 1.73 bits per heavy atom. The average molecular weight is 204 g/mol. The summed E-state index contributed by atoms with van der Waals surface area (Å²) in [5.41, 5.74) is 3.34. The maximum atomic E-state index is 4.32. The predicted octanol–water partition coefficient (Wildman–Crippen LogP) is 4.73. The van der Waals surface area contributed by atoms with Crippen molar-refractivity contribution in [3.05, 3.63) is 24.3 Å². The van der Waals surface area contributed by atoms with Gasteiger partial charge in [0.15, 0.2) is 0 Å². The first-order valence-electron chi connectivity index (χ1n) is 6.50. The van der Waals surface area contributed by atoms with Crippen LogP contribution in [0.5, 0.6) is 0 Å². The molecule has 2 unspecified atom stereocenters. The molecule has 2 atom stereocenters. The van der Waals surface area contributed by atoms with Gasteiger partial charge in [0.05, 0.1) is 0 Å². The van der Waals surface area contributed by atoms with E-state index in [-0.39, 0.29) is 0 Å². The summed E-state index contributed by atoms with van der Waals surface area (Å²) in [5, 5.41) is 0. The normalized spacial score (nSPS) is 34.3. The highest BCUT2D eigenvalue weighted by molar-refractivity contribution is 5.35. The van der Waals surface area contributed by atoms with E-state index in [1.54, 1.807) is 0 Å². The lowest BCUT2D eigenvalue weighted by atomic mass is 9.77. The molecule has 2 saturated carbocycles. The molecule has 0 aromatic rings. The van der Waals surface area contributed by atoms with Crippen LogP contribution in [0.15, 0.2) is 24.3 Å². The van der Waals surface area contributed by atoms with Crippen molar-refractivity contribution < 1.29 is 0 Å². The molecule has 2 aliphatic carbocycles. The van der Waals surface area contributed by atoms with Gasteiger partial charge in [0.1, 0.15) is 0 Å². The van der Waals surface area contributed by atoms with Gasteiger partial charge in [0.2, 0.25) is 0 Å². The predicted molar refractivity (Wildman–Crippen MR) is 66.7 cm³/mol. The molecule has 2 rings (SSSR count). The minimum atomic E-state index is 0.362. The van der Waals surface area contributed by atoms with Crippen molar-refractivity contribution >= 4 is 0 Å². The van der Waals surface area contributed by atoms with Crippen molar-refractivity contribution in [1.82, 2.24) is 0 Å². The van der Waals surface area contributed by atoms with Gasteiger partial charge in [-0.25, -0.2) is 0 Å². The van der Waals surface area contributed by atoms with E-state index in [4.69, 9.17) is 0 Å². The summed E-state index contributed by atoms with van der Waals surface area (Å²) in [5.74, 6) is 1.84. The molecule has 0 heteroatoms. The summed E-state index contributed by atoms with van der Waals surface area (Å²) in [6.07, 6.45) is 7.76. The summed E-state index contributed by atoms with van der Waals surface area (Å²) in [4.78, 5) is 0. The van der Waals surface area contributed by atoms with Crippen LogP contribution in [0.1, 0.15) is 52.4 Å². The molecule has 0 aromatic carbocycles. The Bertz CT molecular complexity index is 254. The molecular weight excluding hydrogens is 180 g/mol. The van der Waals surface area contributed by atoms with Crippen molar-refractivity contribution in [2.75, 3.05) is 0 Å². The molecule has 0 aromatic heterocycles. The Morgan fingerprint density at radius 1 is 1.00 bits per heavy atom. The number of allylic oxidation sites excluding steroid dienone is 2. The summed E-state index contributed by atoms with van der Waals surface area (Å²) in [7, 11) is 0. The largest absolute Gasteiger partial charge is 0.0990 e. The van der Waals surface area contributed by atoms with Crippen molar-refractivity contribution in [2.24, 2.45) is 17.3 Å². The van der Waals surface area contributed by atoms with Crippen LogP contribution < -0.4 is 0 Å². The number of rotatable bonds is 2. The third-order valence-electron chi connectivity index (χ3n) is 5.02. The zero-order chi connectivity index (χ0) is 11.1. The first-order valence-corrected chi connectivity index (χ1v) is 6.50. The fourth-order valence-electron chi connectivity index (χ4n) is 3.87. The summed E-state index contributed by atoms with van der Waals surface area (Å²) < 4.78 is 0. The monoisotopic (exact) mass is 204 g/mol. The molecule has 0 N–H and O–H groups in total. The van der Waals surface area contributed by atoms with Crippen molar-refractivity contribution in [2.45, 2.75) is 52.4 Å². The summed E-state index contributed by atoms with van der Waals surface area (Å²) >= 11 is 0. The lowest BCUT2D eigenvalue weighted by Crippen LogP contribution is -2.16. The van der Waals surface area contributed by atoms with Crippen LogP contribution in [0.3, 0.4) is 0 Å². The lowest BCUT2D eigenvalue weighted by Gasteiger charge is -2.27. The Morgan fingerprint density at radius 2 is 1.40 bits per heavy atom. The Balaban J connectivity index is 2.25. The second kappa shape index (κ2) is 3.81. The van der Waals surface area contributed by atoms with Gasteiger partial charge in [-0.05, 0) is 37.5 Å². The third-order valence-corrected chi connectivity index (χ3v) is 5.02. The molecule has 0 radical (unpaired) electrons. The highest BCUT2D eigenvalue weighted by Gasteiger charge is 2.49. The van der Waals surface area contributed by atoms with Crippen molar-refractivity contribution in [3.8, 4) is 0 Å². The highest BCUT2D eigenvalue weighted by atomic mass is 14.5. The topological polar surface area (TPSA) is 0 Å². The molecule has 0 nitrogen and oxygen atoms in total. The molecule has 84 valence electrons. The fraction of sp³-hybridized carbons (Fsp3) is 0.733. The first-order chi connectivity index (χ1) is 7.14. The first kappa shape index (κ1) is 11.0. The van der Waals surface area contributed by atoms with E-state index in [0.29, 0.717) is 5.41 Å². The maximum Gasteiger partial charge on any atom is 0.0121 e. The number of hydrogen-bond donors (Lipinski definition) is 0. The third kappa shape index (κ3) is 1.49. The fourth-order valence-corrected chi connectivity index (χ4v) is 3.87. The molecule has 0 saturated heterocycles. The smallest absolute Gasteiger partial charge is 0.0121 e. The zero-order valence-electron chi connectivity index (χ0n) is 10.3. The molecule has 2 fully saturated rings. The standard InChI is InChI=1S/C15H24/c1-5-13-9-15(10-14(13)6-2)11(3)7-8-12(15)4/h13-14H,3-10H2,1-2H3. The van der Waals surface area contributed by atoms with Gasteiger partial charge in [-0.2, -0.15) is 0 Å². The van der Waals surface area contributed by atoms with Crippen LogP contribution >= 0.6 is 0 Å². The molecule has 2 aliphatic rings. The SMILES string of the molecule is C=C1CCC(=C)C12CC(CC)C(CC)C2. The van der Waals surface area contributed by atoms with Crippen LogP contribution in [0, 0.1) is 17.3 Å². The van der Waals surface area contributed by atoms with E-state index in [2.05, 4.69) is 27.0 Å². The van der Waals surface area contributed by atoms with Gasteiger partial charge in [-0.15, -0.1) is 0 Å². The van der Waals surface area contributed by atoms with E-state index < -0.39 is 0 Å². The second-order valence-corrected chi connectivity index (χ2v) is 5.53. The van der Waals surface area contributed by atoms with E-state index in [1.165, 1.54) is 49.7 Å². The van der Waals surface area contributed by atoms with Gasteiger partial charge in [-0.3, -0.25) is 0 Å². The number of hydrogen-bond acceptors (Lipinski definition) is 0. The minimum Gasteiger partial charge on any atom is -0.0990 e. The Labute approximate surface area is 94.5 Å². The molecule has 0 amide bonds. The molecule has 0 bridgehead atoms. The van der Waals surface area contributed by atoms with Crippen LogP contribution in [0.25, 0.3) is 0 Å². The maximum absolute atomic E-state index is 4.32. The van der Waals surface area contributed by atoms with Crippen molar-refractivity contribution in [1.29, 1.82) is 0 Å². The molecular formula is C15H24. The van der Waals surface area contributed by atoms with Gasteiger partial charge < -0.3 is 0 Å². The van der Waals surface area contributed by atoms with Crippen LogP contribution in [-0.2, 0) is 0 Å². The van der Waals surface area contributed by atoms with Gasteiger partial charge in [0.25, 0.3) is 0 Å². The minimum absolute atomic E-state index is 0.362. The van der Waals surface area contributed by atoms with Crippen molar-refractivity contribution in [3.63, 3.8) is 0 Å². The molecule has 0 heterocycles. The molecule has 1 spiro atoms. The average Bonchev–Trinajstić information content (AvgIpc) is 2.76. The molecule has 0 aliphatic heterocycles. The molecule has 15 heavy (non-hydrogen) atoms. The second-order valence-electron chi connectivity index (χ2n) is 5.53. The highest BCUT2D eigenvalue weighted by Crippen LogP contribution is 2.60.